The molecule has 0 bridgehead atoms. The molecule has 1 aliphatic carbocycles. The van der Waals surface area contributed by atoms with Crippen LogP contribution in [0.4, 0.5) is 0 Å². The van der Waals surface area contributed by atoms with Gasteiger partial charge in [-0.3, -0.25) is 4.79 Å². The number of hydrogen-bond donors (Lipinski definition) is 1. The van der Waals surface area contributed by atoms with Crippen LogP contribution in [0.5, 0.6) is 0 Å². The number of amides is 1. The molecule has 1 saturated heterocycles. The summed E-state index contributed by atoms with van der Waals surface area (Å²) in [7, 11) is 0. The van der Waals surface area contributed by atoms with Gasteiger partial charge in [0.05, 0.1) is 6.04 Å². The first-order valence-electron chi connectivity index (χ1n) is 5.36. The Morgan fingerprint density at radius 2 is 2.27 bits per heavy atom. The van der Waals surface area contributed by atoms with E-state index in [4.69, 9.17) is 5.73 Å². The molecule has 2 fully saturated rings. The summed E-state index contributed by atoms with van der Waals surface area (Å²) in [6.45, 7) is 0. The third-order valence-electron chi connectivity index (χ3n) is 3.23. The second kappa shape index (κ2) is 3.32. The van der Waals surface area contributed by atoms with Crippen LogP contribution in [0, 0.1) is 0 Å². The van der Waals surface area contributed by atoms with E-state index in [1.807, 2.05) is 4.90 Å². The molecule has 2 heterocycles. The number of carbonyl (C=O) groups is 1. The Labute approximate surface area is 92.9 Å². The minimum atomic E-state index is -0.0206. The lowest BCUT2D eigenvalue weighted by Gasteiger charge is -2.26. The summed E-state index contributed by atoms with van der Waals surface area (Å²) in [5.74, 6) is 0.237. The van der Waals surface area contributed by atoms with Crippen molar-refractivity contribution in [1.82, 2.24) is 4.90 Å². The fourth-order valence-corrected chi connectivity index (χ4v) is 3.10. The normalized spacial score (nSPS) is 31.3. The summed E-state index contributed by atoms with van der Waals surface area (Å²) in [5, 5.41) is 4.16. The van der Waals surface area contributed by atoms with Crippen molar-refractivity contribution in [2.45, 2.75) is 37.4 Å². The van der Waals surface area contributed by atoms with E-state index in [1.165, 1.54) is 5.56 Å². The molecule has 2 atom stereocenters. The van der Waals surface area contributed by atoms with Gasteiger partial charge in [-0.05, 0) is 35.2 Å². The van der Waals surface area contributed by atoms with Gasteiger partial charge >= 0.3 is 0 Å². The molecule has 0 radical (unpaired) electrons. The van der Waals surface area contributed by atoms with Gasteiger partial charge in [-0.25, -0.2) is 0 Å². The van der Waals surface area contributed by atoms with Crippen LogP contribution in [0.25, 0.3) is 0 Å². The number of thiophene rings is 1. The predicted octanol–water partition coefficient (Wildman–Crippen LogP) is 1.51. The second-order valence-electron chi connectivity index (χ2n) is 4.40. The van der Waals surface area contributed by atoms with E-state index in [9.17, 15) is 4.79 Å². The molecule has 1 amide bonds. The maximum absolute atomic E-state index is 11.8. The number of nitrogens with two attached hydrogens (primary N) is 1. The fraction of sp³-hybridized carbons (Fsp3) is 0.545. The van der Waals surface area contributed by atoms with Crippen LogP contribution in [0.1, 0.15) is 30.9 Å². The predicted molar refractivity (Wildman–Crippen MR) is 59.5 cm³/mol. The molecule has 3 nitrogen and oxygen atoms in total. The summed E-state index contributed by atoms with van der Waals surface area (Å²) < 4.78 is 0. The summed E-state index contributed by atoms with van der Waals surface area (Å²) >= 11 is 1.67. The molecule has 15 heavy (non-hydrogen) atoms. The molecular weight excluding hydrogens is 208 g/mol. The minimum absolute atomic E-state index is 0.0206. The average Bonchev–Trinajstić information content (AvgIpc) is 2.79. The van der Waals surface area contributed by atoms with Crippen LogP contribution in [-0.2, 0) is 4.79 Å². The Kier molecular flexibility index (Phi) is 2.07. The zero-order chi connectivity index (χ0) is 10.4. The van der Waals surface area contributed by atoms with E-state index in [-0.39, 0.29) is 18.0 Å². The molecule has 0 aromatic carbocycles. The summed E-state index contributed by atoms with van der Waals surface area (Å²) in [5.41, 5.74) is 7.27. The van der Waals surface area contributed by atoms with Gasteiger partial charge in [0, 0.05) is 18.5 Å². The average molecular weight is 222 g/mol. The largest absolute Gasteiger partial charge is 0.331 e. The second-order valence-corrected chi connectivity index (χ2v) is 5.18. The van der Waals surface area contributed by atoms with E-state index in [0.717, 1.165) is 12.8 Å². The van der Waals surface area contributed by atoms with E-state index in [2.05, 4.69) is 16.8 Å². The first-order chi connectivity index (χ1) is 7.27. The maximum Gasteiger partial charge on any atom is 0.225 e. The molecule has 4 heteroatoms. The van der Waals surface area contributed by atoms with E-state index in [1.54, 1.807) is 11.3 Å². The maximum atomic E-state index is 11.8. The Bertz CT molecular complexity index is 372. The fourth-order valence-electron chi connectivity index (χ4n) is 2.41. The molecule has 2 N–H and O–H groups in total. The smallest absolute Gasteiger partial charge is 0.225 e. The minimum Gasteiger partial charge on any atom is -0.331 e. The van der Waals surface area contributed by atoms with Crippen molar-refractivity contribution in [2.75, 3.05) is 0 Å². The van der Waals surface area contributed by atoms with E-state index in [0.29, 0.717) is 12.5 Å². The number of rotatable bonds is 2. The number of hydrogen-bond acceptors (Lipinski definition) is 3. The molecule has 1 aliphatic heterocycles. The first kappa shape index (κ1) is 9.36. The lowest BCUT2D eigenvalue weighted by Crippen LogP contribution is -2.34. The van der Waals surface area contributed by atoms with E-state index >= 15 is 0 Å². The van der Waals surface area contributed by atoms with Crippen molar-refractivity contribution in [3.05, 3.63) is 22.4 Å². The SMILES string of the molecule is NC1CC(=O)N(C2CC2)C1c1ccsc1. The standard InChI is InChI=1S/C11H14N2OS/c12-9-5-10(14)13(8-1-2-8)11(9)7-3-4-15-6-7/h3-4,6,8-9,11H,1-2,5,12H2. The highest BCUT2D eigenvalue weighted by atomic mass is 32.1. The van der Waals surface area contributed by atoms with Crippen LogP contribution < -0.4 is 5.73 Å². The van der Waals surface area contributed by atoms with Crippen LogP contribution in [0.3, 0.4) is 0 Å². The molecule has 0 spiro atoms. The highest BCUT2D eigenvalue weighted by Crippen LogP contribution is 2.41. The Hall–Kier alpha value is -0.870. The third-order valence-corrected chi connectivity index (χ3v) is 3.93. The lowest BCUT2D eigenvalue weighted by molar-refractivity contribution is -0.129. The number of nitrogens with zero attached hydrogens (tertiary/aromatic N) is 1. The number of likely N-dealkylation sites (tertiary alicyclic amines) is 1. The highest BCUT2D eigenvalue weighted by molar-refractivity contribution is 7.08. The lowest BCUT2D eigenvalue weighted by atomic mass is 10.0. The van der Waals surface area contributed by atoms with Gasteiger partial charge in [0.25, 0.3) is 0 Å². The zero-order valence-electron chi connectivity index (χ0n) is 8.43. The van der Waals surface area contributed by atoms with E-state index < -0.39 is 0 Å². The van der Waals surface area contributed by atoms with Crippen LogP contribution in [0.2, 0.25) is 0 Å². The van der Waals surface area contributed by atoms with Gasteiger partial charge in [0.15, 0.2) is 0 Å². The zero-order valence-corrected chi connectivity index (χ0v) is 9.24. The summed E-state index contributed by atoms with van der Waals surface area (Å²) in [4.78, 5) is 13.8. The quantitative estimate of drug-likeness (QED) is 0.824. The molecule has 1 aromatic heterocycles. The van der Waals surface area contributed by atoms with Crippen molar-refractivity contribution in [3.63, 3.8) is 0 Å². The molecule has 2 aliphatic rings. The van der Waals surface area contributed by atoms with Crippen LogP contribution in [-0.4, -0.2) is 22.9 Å². The van der Waals surface area contributed by atoms with Crippen molar-refractivity contribution < 1.29 is 4.79 Å². The topological polar surface area (TPSA) is 46.3 Å². The van der Waals surface area contributed by atoms with Gasteiger partial charge in [0.2, 0.25) is 5.91 Å². The molecule has 1 aromatic rings. The molecule has 3 rings (SSSR count). The van der Waals surface area contributed by atoms with Gasteiger partial charge in [-0.15, -0.1) is 0 Å². The third kappa shape index (κ3) is 1.48. The first-order valence-corrected chi connectivity index (χ1v) is 6.30. The van der Waals surface area contributed by atoms with Crippen LogP contribution >= 0.6 is 11.3 Å². The number of carbonyl (C=O) groups excluding carboxylic acids is 1. The Morgan fingerprint density at radius 3 is 2.87 bits per heavy atom. The molecule has 1 saturated carbocycles. The van der Waals surface area contributed by atoms with Crippen molar-refractivity contribution in [1.29, 1.82) is 0 Å². The summed E-state index contributed by atoms with van der Waals surface area (Å²) in [6.07, 6.45) is 2.81. The van der Waals surface area contributed by atoms with Crippen molar-refractivity contribution >= 4 is 17.2 Å². The van der Waals surface area contributed by atoms with Crippen molar-refractivity contribution in [3.8, 4) is 0 Å². The molecular formula is C11H14N2OS. The van der Waals surface area contributed by atoms with Gasteiger partial charge in [-0.1, -0.05) is 0 Å². The summed E-state index contributed by atoms with van der Waals surface area (Å²) in [6, 6.07) is 2.67. The monoisotopic (exact) mass is 222 g/mol. The van der Waals surface area contributed by atoms with Gasteiger partial charge in [-0.2, -0.15) is 11.3 Å². The van der Waals surface area contributed by atoms with Crippen LogP contribution in [0.15, 0.2) is 16.8 Å². The van der Waals surface area contributed by atoms with Gasteiger partial charge < -0.3 is 10.6 Å². The molecule has 80 valence electrons. The Balaban J connectivity index is 1.93. The Morgan fingerprint density at radius 1 is 1.47 bits per heavy atom. The van der Waals surface area contributed by atoms with Gasteiger partial charge in [0.1, 0.15) is 0 Å². The highest BCUT2D eigenvalue weighted by Gasteiger charge is 2.45. The molecule has 2 unspecified atom stereocenters. The van der Waals surface area contributed by atoms with Crippen molar-refractivity contribution in [2.24, 2.45) is 5.73 Å².